The number of nitrogens with zero attached hydrogens (tertiary/aromatic N) is 2. The molecule has 138 valence electrons. The molecule has 10 heteroatoms. The second-order valence-electron chi connectivity index (χ2n) is 5.85. The Morgan fingerprint density at radius 2 is 2.04 bits per heavy atom. The highest BCUT2D eigenvalue weighted by Crippen LogP contribution is 2.22. The Morgan fingerprint density at radius 1 is 1.40 bits per heavy atom. The third-order valence-electron chi connectivity index (χ3n) is 3.94. The number of nitrogens with one attached hydrogen (secondary N) is 1. The average Bonchev–Trinajstić information content (AvgIpc) is 2.56. The van der Waals surface area contributed by atoms with Gasteiger partial charge in [-0.2, -0.15) is 0 Å². The molecule has 0 spiro atoms. The van der Waals surface area contributed by atoms with Crippen LogP contribution in [0.2, 0.25) is 5.15 Å². The summed E-state index contributed by atoms with van der Waals surface area (Å²) in [6.07, 6.45) is 2.37. The SMILES string of the molecule is C[C@@H](OC(=O)C1CCN(S(C)(=O)=O)CC1)C(=O)Nc1cccnc1Cl. The Kier molecular flexibility index (Phi) is 6.36. The molecule has 1 N–H and O–H groups in total. The molecule has 1 aliphatic heterocycles. The third-order valence-corrected chi connectivity index (χ3v) is 5.54. The maximum Gasteiger partial charge on any atom is 0.309 e. The first kappa shape index (κ1) is 19.6. The lowest BCUT2D eigenvalue weighted by Crippen LogP contribution is -2.41. The number of anilines is 1. The van der Waals surface area contributed by atoms with Crippen LogP contribution in [0.25, 0.3) is 0 Å². The van der Waals surface area contributed by atoms with E-state index in [1.54, 1.807) is 12.1 Å². The Bertz CT molecular complexity index is 747. The zero-order chi connectivity index (χ0) is 18.6. The van der Waals surface area contributed by atoms with Crippen molar-refractivity contribution in [2.24, 2.45) is 5.92 Å². The molecule has 0 aromatic carbocycles. The van der Waals surface area contributed by atoms with Crippen molar-refractivity contribution in [3.8, 4) is 0 Å². The summed E-state index contributed by atoms with van der Waals surface area (Å²) < 4.78 is 29.5. The highest BCUT2D eigenvalue weighted by Gasteiger charge is 2.31. The summed E-state index contributed by atoms with van der Waals surface area (Å²) in [7, 11) is -3.25. The second kappa shape index (κ2) is 8.11. The number of halogens is 1. The van der Waals surface area contributed by atoms with Crippen LogP contribution in [0.15, 0.2) is 18.3 Å². The van der Waals surface area contributed by atoms with E-state index in [1.807, 2.05) is 0 Å². The lowest BCUT2D eigenvalue weighted by Gasteiger charge is -2.29. The fourth-order valence-corrected chi connectivity index (χ4v) is 3.50. The standard InChI is InChI=1S/C15H20ClN3O5S/c1-10(14(20)18-12-4-3-7-17-13(12)16)24-15(21)11-5-8-19(9-6-11)25(2,22)23/h3-4,7,10-11H,5-6,8-9H2,1-2H3,(H,18,20)/t10-/m1/s1. The van der Waals surface area contributed by atoms with Gasteiger partial charge in [0.05, 0.1) is 17.9 Å². The third kappa shape index (κ3) is 5.38. The number of sulfonamides is 1. The van der Waals surface area contributed by atoms with Gasteiger partial charge in [0.1, 0.15) is 0 Å². The van der Waals surface area contributed by atoms with Gasteiger partial charge in [-0.25, -0.2) is 17.7 Å². The average molecular weight is 390 g/mol. The van der Waals surface area contributed by atoms with Crippen LogP contribution in [0.1, 0.15) is 19.8 Å². The molecule has 1 atom stereocenters. The summed E-state index contributed by atoms with van der Waals surface area (Å²) in [6.45, 7) is 2.00. The molecule has 1 amide bonds. The monoisotopic (exact) mass is 389 g/mol. The Hall–Kier alpha value is -1.71. The molecule has 2 rings (SSSR count). The molecular formula is C15H20ClN3O5S. The van der Waals surface area contributed by atoms with E-state index in [1.165, 1.54) is 17.4 Å². The number of pyridine rings is 1. The van der Waals surface area contributed by atoms with Crippen LogP contribution in [0.4, 0.5) is 5.69 Å². The van der Waals surface area contributed by atoms with Crippen molar-refractivity contribution in [3.63, 3.8) is 0 Å². The molecule has 1 fully saturated rings. The minimum atomic E-state index is -3.25. The van der Waals surface area contributed by atoms with Gasteiger partial charge in [0.2, 0.25) is 10.0 Å². The van der Waals surface area contributed by atoms with E-state index in [9.17, 15) is 18.0 Å². The lowest BCUT2D eigenvalue weighted by atomic mass is 9.98. The first-order valence-corrected chi connectivity index (χ1v) is 9.98. The van der Waals surface area contributed by atoms with Crippen molar-refractivity contribution in [1.29, 1.82) is 0 Å². The van der Waals surface area contributed by atoms with Gasteiger partial charge in [-0.15, -0.1) is 0 Å². The van der Waals surface area contributed by atoms with Gasteiger partial charge >= 0.3 is 5.97 Å². The van der Waals surface area contributed by atoms with E-state index in [4.69, 9.17) is 16.3 Å². The van der Waals surface area contributed by atoms with E-state index in [0.29, 0.717) is 18.5 Å². The van der Waals surface area contributed by atoms with Crippen LogP contribution >= 0.6 is 11.6 Å². The maximum absolute atomic E-state index is 12.2. The molecule has 0 saturated carbocycles. The summed E-state index contributed by atoms with van der Waals surface area (Å²) in [5.41, 5.74) is 0.332. The first-order valence-electron chi connectivity index (χ1n) is 7.75. The fourth-order valence-electron chi connectivity index (χ4n) is 2.46. The second-order valence-corrected chi connectivity index (χ2v) is 8.19. The van der Waals surface area contributed by atoms with E-state index < -0.39 is 33.9 Å². The normalized spacial score (nSPS) is 17.7. The fraction of sp³-hybridized carbons (Fsp3) is 0.533. The molecule has 0 unspecified atom stereocenters. The number of hydrogen-bond acceptors (Lipinski definition) is 6. The molecule has 1 aromatic heterocycles. The van der Waals surface area contributed by atoms with Crippen molar-refractivity contribution in [2.75, 3.05) is 24.7 Å². The van der Waals surface area contributed by atoms with Crippen LogP contribution < -0.4 is 5.32 Å². The van der Waals surface area contributed by atoms with Gasteiger partial charge in [0.25, 0.3) is 5.91 Å². The predicted octanol–water partition coefficient (Wildman–Crippen LogP) is 1.28. The number of hydrogen-bond donors (Lipinski definition) is 1. The van der Waals surface area contributed by atoms with Gasteiger partial charge in [-0.3, -0.25) is 9.59 Å². The van der Waals surface area contributed by atoms with Gasteiger partial charge in [0.15, 0.2) is 11.3 Å². The Labute approximate surface area is 151 Å². The van der Waals surface area contributed by atoms with Crippen LogP contribution in [0, 0.1) is 5.92 Å². The van der Waals surface area contributed by atoms with Crippen LogP contribution in [0.5, 0.6) is 0 Å². The minimum Gasteiger partial charge on any atom is -0.452 e. The van der Waals surface area contributed by atoms with Crippen molar-refractivity contribution >= 4 is 39.2 Å². The number of esters is 1. The number of aromatic nitrogens is 1. The van der Waals surface area contributed by atoms with Crippen LogP contribution in [0.3, 0.4) is 0 Å². The Morgan fingerprint density at radius 3 is 2.60 bits per heavy atom. The molecule has 0 radical (unpaired) electrons. The van der Waals surface area contributed by atoms with Gasteiger partial charge in [0, 0.05) is 19.3 Å². The van der Waals surface area contributed by atoms with E-state index >= 15 is 0 Å². The van der Waals surface area contributed by atoms with Crippen molar-refractivity contribution < 1.29 is 22.7 Å². The highest BCUT2D eigenvalue weighted by molar-refractivity contribution is 7.88. The summed E-state index contributed by atoms with van der Waals surface area (Å²) in [4.78, 5) is 28.1. The molecule has 0 bridgehead atoms. The zero-order valence-corrected chi connectivity index (χ0v) is 15.5. The summed E-state index contributed by atoms with van der Waals surface area (Å²) >= 11 is 5.86. The number of rotatable bonds is 5. The maximum atomic E-state index is 12.2. The van der Waals surface area contributed by atoms with Crippen molar-refractivity contribution in [3.05, 3.63) is 23.5 Å². The molecule has 2 heterocycles. The van der Waals surface area contributed by atoms with Gasteiger partial charge in [-0.05, 0) is 31.9 Å². The molecule has 8 nitrogen and oxygen atoms in total. The summed E-state index contributed by atoms with van der Waals surface area (Å²) in [5, 5.41) is 2.69. The summed E-state index contributed by atoms with van der Waals surface area (Å²) in [5.74, 6) is -1.44. The Balaban J connectivity index is 1.86. The smallest absolute Gasteiger partial charge is 0.309 e. The molecule has 1 saturated heterocycles. The summed E-state index contributed by atoms with van der Waals surface area (Å²) in [6, 6.07) is 3.20. The first-order chi connectivity index (χ1) is 11.7. The lowest BCUT2D eigenvalue weighted by molar-refractivity contribution is -0.158. The molecular weight excluding hydrogens is 370 g/mol. The molecule has 25 heavy (non-hydrogen) atoms. The number of piperidine rings is 1. The zero-order valence-electron chi connectivity index (χ0n) is 13.9. The van der Waals surface area contributed by atoms with E-state index in [2.05, 4.69) is 10.3 Å². The molecule has 1 aromatic rings. The number of carbonyl (C=O) groups is 2. The number of carbonyl (C=O) groups excluding carboxylic acids is 2. The van der Waals surface area contributed by atoms with E-state index in [-0.39, 0.29) is 18.2 Å². The van der Waals surface area contributed by atoms with Crippen LogP contribution in [-0.4, -0.2) is 55.0 Å². The van der Waals surface area contributed by atoms with Gasteiger partial charge < -0.3 is 10.1 Å². The van der Waals surface area contributed by atoms with E-state index in [0.717, 1.165) is 6.26 Å². The van der Waals surface area contributed by atoms with Crippen LogP contribution in [-0.2, 0) is 24.3 Å². The predicted molar refractivity (Wildman–Crippen MR) is 92.6 cm³/mol. The minimum absolute atomic E-state index is 0.141. The number of ether oxygens (including phenoxy) is 1. The topological polar surface area (TPSA) is 106 Å². The number of amides is 1. The molecule has 0 aliphatic carbocycles. The largest absolute Gasteiger partial charge is 0.452 e. The van der Waals surface area contributed by atoms with Crippen molar-refractivity contribution in [1.82, 2.24) is 9.29 Å². The molecule has 1 aliphatic rings. The quantitative estimate of drug-likeness (QED) is 0.600. The van der Waals surface area contributed by atoms with Crippen molar-refractivity contribution in [2.45, 2.75) is 25.9 Å². The van der Waals surface area contributed by atoms with Gasteiger partial charge in [-0.1, -0.05) is 11.6 Å². The highest BCUT2D eigenvalue weighted by atomic mass is 35.5.